The summed E-state index contributed by atoms with van der Waals surface area (Å²) in [5.74, 6) is 0.984. The van der Waals surface area contributed by atoms with Gasteiger partial charge >= 0.3 is 0 Å². The van der Waals surface area contributed by atoms with E-state index in [-0.39, 0.29) is 12.3 Å². The Morgan fingerprint density at radius 3 is 2.12 bits per heavy atom. The molecule has 0 spiro atoms. The van der Waals surface area contributed by atoms with Crippen LogP contribution in [0, 0.1) is 0 Å². The maximum Gasteiger partial charge on any atom is 0.184 e. The first kappa shape index (κ1) is 12.3. The Kier molecular flexibility index (Phi) is 4.13. The van der Waals surface area contributed by atoms with E-state index in [0.29, 0.717) is 22.8 Å². The normalized spacial score (nSPS) is 9.75. The molecule has 0 saturated heterocycles. The van der Waals surface area contributed by atoms with Gasteiger partial charge in [-0.25, -0.2) is 0 Å². The van der Waals surface area contributed by atoms with Crippen LogP contribution in [-0.4, -0.2) is 33.7 Å². The Morgan fingerprint density at radius 1 is 1.12 bits per heavy atom. The summed E-state index contributed by atoms with van der Waals surface area (Å²) in [6.45, 7) is -0.111. The minimum absolute atomic E-state index is 0.111. The second-order valence-electron chi connectivity index (χ2n) is 3.01. The maximum atomic E-state index is 11.7. The molecule has 0 aromatic heterocycles. The summed E-state index contributed by atoms with van der Waals surface area (Å²) in [7, 11) is 4.44. The van der Waals surface area contributed by atoms with Gasteiger partial charge in [0, 0.05) is 0 Å². The number of Topliss-reactive ketones (excluding diaryl/α,β-unsaturated/α-hetero) is 1. The Bertz CT molecular complexity index is 390. The van der Waals surface area contributed by atoms with E-state index in [1.54, 1.807) is 12.1 Å². The van der Waals surface area contributed by atoms with Gasteiger partial charge in [-0.3, -0.25) is 4.79 Å². The van der Waals surface area contributed by atoms with E-state index < -0.39 is 0 Å². The van der Waals surface area contributed by atoms with Crippen LogP contribution in [0.2, 0.25) is 0 Å². The van der Waals surface area contributed by atoms with Crippen LogP contribution < -0.4 is 19.9 Å². The number of nitrogens with two attached hydrogens (primary N) is 1. The highest BCUT2D eigenvalue weighted by Gasteiger charge is 2.20. The highest BCUT2D eigenvalue weighted by molar-refractivity contribution is 6.03. The minimum Gasteiger partial charge on any atom is -0.496 e. The van der Waals surface area contributed by atoms with Crippen molar-refractivity contribution in [1.29, 1.82) is 0 Å². The molecule has 0 aliphatic rings. The van der Waals surface area contributed by atoms with Crippen LogP contribution in [0.5, 0.6) is 17.2 Å². The van der Waals surface area contributed by atoms with Gasteiger partial charge in [-0.15, -0.1) is 0 Å². The molecule has 1 aromatic carbocycles. The molecule has 0 fully saturated rings. The monoisotopic (exact) mass is 225 g/mol. The molecule has 0 saturated carbocycles. The Labute approximate surface area is 94.1 Å². The largest absolute Gasteiger partial charge is 0.496 e. The van der Waals surface area contributed by atoms with Gasteiger partial charge in [-0.2, -0.15) is 0 Å². The molecule has 1 rings (SSSR count). The van der Waals surface area contributed by atoms with Gasteiger partial charge in [-0.05, 0) is 12.1 Å². The lowest BCUT2D eigenvalue weighted by Crippen LogP contribution is -2.16. The van der Waals surface area contributed by atoms with Crippen molar-refractivity contribution in [1.82, 2.24) is 0 Å². The van der Waals surface area contributed by atoms with Crippen LogP contribution in [0.3, 0.4) is 0 Å². The van der Waals surface area contributed by atoms with Gasteiger partial charge < -0.3 is 19.9 Å². The molecule has 1 aromatic rings. The van der Waals surface area contributed by atoms with Crippen LogP contribution in [0.1, 0.15) is 10.4 Å². The van der Waals surface area contributed by atoms with E-state index in [1.807, 2.05) is 0 Å². The zero-order chi connectivity index (χ0) is 12.1. The Hall–Kier alpha value is -1.75. The molecule has 88 valence electrons. The van der Waals surface area contributed by atoms with Crippen LogP contribution in [0.4, 0.5) is 0 Å². The third-order valence-electron chi connectivity index (χ3n) is 2.19. The topological polar surface area (TPSA) is 70.8 Å². The standard InChI is InChI=1S/C11H15NO4/c1-14-8-4-5-9(15-2)11(16-3)10(8)7(13)6-12/h4-5H,6,12H2,1-3H3. The van der Waals surface area contributed by atoms with Gasteiger partial charge in [0.15, 0.2) is 17.3 Å². The van der Waals surface area contributed by atoms with Gasteiger partial charge in [0.2, 0.25) is 0 Å². The zero-order valence-corrected chi connectivity index (χ0v) is 9.57. The second-order valence-corrected chi connectivity index (χ2v) is 3.01. The van der Waals surface area contributed by atoms with E-state index in [9.17, 15) is 4.79 Å². The number of ether oxygens (including phenoxy) is 3. The van der Waals surface area contributed by atoms with E-state index >= 15 is 0 Å². The molecule has 2 N–H and O–H groups in total. The van der Waals surface area contributed by atoms with Crippen LogP contribution in [-0.2, 0) is 0 Å². The van der Waals surface area contributed by atoms with Crippen molar-refractivity contribution in [2.75, 3.05) is 27.9 Å². The van der Waals surface area contributed by atoms with Crippen LogP contribution in [0.25, 0.3) is 0 Å². The summed E-state index contributed by atoms with van der Waals surface area (Å²) in [5, 5.41) is 0. The smallest absolute Gasteiger partial charge is 0.184 e. The number of ketones is 1. The lowest BCUT2D eigenvalue weighted by atomic mass is 10.1. The van der Waals surface area contributed by atoms with E-state index in [1.165, 1.54) is 21.3 Å². The van der Waals surface area contributed by atoms with Crippen molar-refractivity contribution in [3.8, 4) is 17.2 Å². The Balaban J connectivity index is 3.42. The Morgan fingerprint density at radius 2 is 1.69 bits per heavy atom. The number of carbonyl (C=O) groups is 1. The highest BCUT2D eigenvalue weighted by atomic mass is 16.5. The summed E-state index contributed by atoms with van der Waals surface area (Å²) in [5.41, 5.74) is 5.65. The molecule has 5 heteroatoms. The lowest BCUT2D eigenvalue weighted by molar-refractivity contribution is 0.0994. The number of benzene rings is 1. The van der Waals surface area contributed by atoms with Crippen molar-refractivity contribution in [2.45, 2.75) is 0 Å². The molecule has 0 unspecified atom stereocenters. The molecule has 0 heterocycles. The molecule has 0 bridgehead atoms. The summed E-state index contributed by atoms with van der Waals surface area (Å²) in [4.78, 5) is 11.7. The summed E-state index contributed by atoms with van der Waals surface area (Å²) < 4.78 is 15.3. The first-order valence-electron chi connectivity index (χ1n) is 4.71. The fourth-order valence-corrected chi connectivity index (χ4v) is 1.45. The predicted octanol–water partition coefficient (Wildman–Crippen LogP) is 0.854. The maximum absolute atomic E-state index is 11.7. The number of rotatable bonds is 5. The lowest BCUT2D eigenvalue weighted by Gasteiger charge is -2.14. The van der Waals surface area contributed by atoms with E-state index in [0.717, 1.165) is 0 Å². The number of carbonyl (C=O) groups excluding carboxylic acids is 1. The van der Waals surface area contributed by atoms with E-state index in [2.05, 4.69) is 0 Å². The van der Waals surface area contributed by atoms with Gasteiger partial charge in [0.25, 0.3) is 0 Å². The number of hydrogen-bond acceptors (Lipinski definition) is 5. The molecule has 0 atom stereocenters. The van der Waals surface area contributed by atoms with Crippen molar-refractivity contribution in [2.24, 2.45) is 5.73 Å². The predicted molar refractivity (Wildman–Crippen MR) is 59.5 cm³/mol. The average Bonchev–Trinajstić information content (AvgIpc) is 2.35. The van der Waals surface area contributed by atoms with Crippen molar-refractivity contribution in [3.63, 3.8) is 0 Å². The van der Waals surface area contributed by atoms with Crippen LogP contribution >= 0.6 is 0 Å². The van der Waals surface area contributed by atoms with Gasteiger partial charge in [0.05, 0.1) is 27.9 Å². The van der Waals surface area contributed by atoms with Gasteiger partial charge in [0.1, 0.15) is 11.3 Å². The first-order chi connectivity index (χ1) is 7.69. The second kappa shape index (κ2) is 5.37. The minimum atomic E-state index is -0.257. The average molecular weight is 225 g/mol. The van der Waals surface area contributed by atoms with Crippen LogP contribution in [0.15, 0.2) is 12.1 Å². The zero-order valence-electron chi connectivity index (χ0n) is 9.57. The van der Waals surface area contributed by atoms with Crippen molar-refractivity contribution < 1.29 is 19.0 Å². The SMILES string of the molecule is COc1ccc(OC)c(C(=O)CN)c1OC. The molecule has 5 nitrogen and oxygen atoms in total. The summed E-state index contributed by atoms with van der Waals surface area (Å²) in [6.07, 6.45) is 0. The molecule has 16 heavy (non-hydrogen) atoms. The number of methoxy groups -OCH3 is 3. The van der Waals surface area contributed by atoms with E-state index in [4.69, 9.17) is 19.9 Å². The van der Waals surface area contributed by atoms with Crippen molar-refractivity contribution >= 4 is 5.78 Å². The molecular formula is C11H15NO4. The first-order valence-corrected chi connectivity index (χ1v) is 4.71. The highest BCUT2D eigenvalue weighted by Crippen LogP contribution is 2.37. The van der Waals surface area contributed by atoms with Crippen molar-refractivity contribution in [3.05, 3.63) is 17.7 Å². The molecule has 0 aliphatic carbocycles. The third kappa shape index (κ3) is 2.09. The van der Waals surface area contributed by atoms with Gasteiger partial charge in [-0.1, -0.05) is 0 Å². The fraction of sp³-hybridized carbons (Fsp3) is 0.364. The molecule has 0 radical (unpaired) electrons. The quantitative estimate of drug-likeness (QED) is 0.752. The summed E-state index contributed by atoms with van der Waals surface area (Å²) in [6, 6.07) is 3.31. The fourth-order valence-electron chi connectivity index (χ4n) is 1.45. The number of hydrogen-bond donors (Lipinski definition) is 1. The molecule has 0 amide bonds. The molecular weight excluding hydrogens is 210 g/mol. The molecule has 0 aliphatic heterocycles. The third-order valence-corrected chi connectivity index (χ3v) is 2.19. The summed E-state index contributed by atoms with van der Waals surface area (Å²) >= 11 is 0.